The van der Waals surface area contributed by atoms with Crippen LogP contribution in [0.4, 0.5) is 9.59 Å². The first-order valence-electron chi connectivity index (χ1n) is 10.2. The van der Waals surface area contributed by atoms with Crippen molar-refractivity contribution in [3.63, 3.8) is 0 Å². The lowest BCUT2D eigenvalue weighted by molar-refractivity contribution is 0.261. The summed E-state index contributed by atoms with van der Waals surface area (Å²) in [6, 6.07) is 0. The van der Waals surface area contributed by atoms with Crippen LogP contribution in [0.25, 0.3) is 0 Å². The van der Waals surface area contributed by atoms with Crippen LogP contribution >= 0.6 is 94.1 Å². The van der Waals surface area contributed by atoms with Gasteiger partial charge >= 0.3 is 0 Å². The van der Waals surface area contributed by atoms with E-state index in [2.05, 4.69) is 20.6 Å². The van der Waals surface area contributed by atoms with Gasteiger partial charge < -0.3 is 20.8 Å². The van der Waals surface area contributed by atoms with E-state index in [-0.39, 0.29) is 29.4 Å². The molecule has 0 rings (SSSR count). The molecule has 0 bridgehead atoms. The molecule has 0 aromatic heterocycles. The second-order valence-electron chi connectivity index (χ2n) is 5.77. The first kappa shape index (κ1) is 38.3. The van der Waals surface area contributed by atoms with Crippen LogP contribution in [0.15, 0.2) is 9.98 Å². The lowest BCUT2D eigenvalue weighted by Gasteiger charge is -2.04. The van der Waals surface area contributed by atoms with Gasteiger partial charge in [0.1, 0.15) is 0 Å². The Morgan fingerprint density at radius 3 is 1.86 bits per heavy atom. The summed E-state index contributed by atoms with van der Waals surface area (Å²) >= 11 is 11.6. The molecule has 4 N–H and O–H groups in total. The Balaban J connectivity index is 3.47. The highest BCUT2D eigenvalue weighted by molar-refractivity contribution is 8.28. The maximum Gasteiger partial charge on any atom is 0.280 e. The van der Waals surface area contributed by atoms with E-state index in [1.807, 2.05) is 0 Å². The lowest BCUT2D eigenvalue weighted by Crippen LogP contribution is -2.18. The Morgan fingerprint density at radius 2 is 1.27 bits per heavy atom. The zero-order valence-corrected chi connectivity index (χ0v) is 28.0. The molecular weight excluding hydrogens is 677 g/mol. The van der Waals surface area contributed by atoms with E-state index < -0.39 is 21.6 Å². The summed E-state index contributed by atoms with van der Waals surface area (Å²) in [7, 11) is -2.34. The molecule has 216 valence electrons. The summed E-state index contributed by atoms with van der Waals surface area (Å²) in [6.07, 6.45) is 0. The molecule has 0 fully saturated rings. The predicted octanol–water partition coefficient (Wildman–Crippen LogP) is 3.43. The van der Waals surface area contributed by atoms with Crippen molar-refractivity contribution in [3.05, 3.63) is 0 Å². The lowest BCUT2D eigenvalue weighted by atomic mass is 10.9. The highest BCUT2D eigenvalue weighted by atomic mass is 32.3. The van der Waals surface area contributed by atoms with Crippen molar-refractivity contribution >= 4 is 137 Å². The van der Waals surface area contributed by atoms with Crippen LogP contribution in [0.1, 0.15) is 0 Å². The molecule has 2 amide bonds. The molecule has 2 unspecified atom stereocenters. The summed E-state index contributed by atoms with van der Waals surface area (Å²) in [5.41, 5.74) is 2.82. The smallest absolute Gasteiger partial charge is 0.280 e. The highest BCUT2D eigenvalue weighted by Gasteiger charge is 2.03. The molecule has 0 aromatic carbocycles. The van der Waals surface area contributed by atoms with Gasteiger partial charge in [0.15, 0.2) is 0 Å². The van der Waals surface area contributed by atoms with Gasteiger partial charge in [0.05, 0.1) is 80.3 Å². The van der Waals surface area contributed by atoms with Gasteiger partial charge in [0, 0.05) is 26.1 Å². The molecule has 0 aromatic rings. The quantitative estimate of drug-likeness (QED) is 0.0500. The van der Waals surface area contributed by atoms with E-state index in [1.54, 1.807) is 58.8 Å². The number of carbonyl (C=O) groups excluding carboxylic acids is 2. The molecule has 0 saturated carbocycles. The Hall–Kier alpha value is 1.30. The van der Waals surface area contributed by atoms with E-state index in [0.717, 1.165) is 27.0 Å². The molecule has 0 heterocycles. The van der Waals surface area contributed by atoms with Gasteiger partial charge in [-0.3, -0.25) is 28.0 Å². The summed E-state index contributed by atoms with van der Waals surface area (Å²) in [6.45, 7) is -0.137. The standard InChI is InChI=1S/C17H32N4O6S10/c22-1-3-34-16(24)20-7-30-12-29-6-19-10-37(27)15-33-13-32-14-35-17(25)21-8-31-11-28-5-18-9-36(26)4-2-23/h9-10,22-23H,1-8,11-15H2,(H,20,24)(H,21,25). The minimum absolute atomic E-state index is 0.0184. The second-order valence-corrected chi connectivity index (χ2v) is 18.1. The number of nitrogens with one attached hydrogen (secondary N) is 2. The van der Waals surface area contributed by atoms with Crippen molar-refractivity contribution < 1.29 is 28.2 Å². The Kier molecular flexibility index (Phi) is 31.3. The maximum atomic E-state index is 11.9. The third kappa shape index (κ3) is 30.1. The molecule has 0 spiro atoms. The molecule has 0 aliphatic heterocycles. The SMILES string of the molecule is O=C(NCSCSCN=CS(=O)CSCSCSC(=O)NCSCSCN=CS(=O)CCO)SCCO. The van der Waals surface area contributed by atoms with E-state index in [1.165, 1.54) is 34.6 Å². The summed E-state index contributed by atoms with van der Waals surface area (Å²) in [5, 5.41) is 25.9. The predicted molar refractivity (Wildman–Crippen MR) is 179 cm³/mol. The van der Waals surface area contributed by atoms with Crippen LogP contribution in [-0.2, 0) is 21.6 Å². The fraction of sp³-hybridized carbons (Fsp3) is 0.765. The van der Waals surface area contributed by atoms with Crippen molar-refractivity contribution in [1.82, 2.24) is 10.6 Å². The Labute approximate surface area is 257 Å². The summed E-state index contributed by atoms with van der Waals surface area (Å²) < 4.78 is 23.2. The van der Waals surface area contributed by atoms with Crippen LogP contribution in [0.2, 0.25) is 0 Å². The summed E-state index contributed by atoms with van der Waals surface area (Å²) in [5.74, 6) is 2.61. The van der Waals surface area contributed by atoms with Crippen molar-refractivity contribution in [2.75, 3.05) is 73.7 Å². The van der Waals surface area contributed by atoms with E-state index in [0.29, 0.717) is 39.4 Å². The second kappa shape index (κ2) is 30.3. The van der Waals surface area contributed by atoms with Gasteiger partial charge in [-0.05, 0) is 0 Å². The number of nitrogens with zero attached hydrogens (tertiary/aromatic N) is 2. The van der Waals surface area contributed by atoms with Gasteiger partial charge in [-0.15, -0.1) is 70.6 Å². The molecule has 20 heteroatoms. The molecule has 2 atom stereocenters. The van der Waals surface area contributed by atoms with Gasteiger partial charge in [-0.1, -0.05) is 23.5 Å². The average molecular weight is 709 g/mol. The number of amides is 2. The van der Waals surface area contributed by atoms with Gasteiger partial charge in [-0.2, -0.15) is 0 Å². The van der Waals surface area contributed by atoms with Gasteiger partial charge in [0.2, 0.25) is 0 Å². The number of aliphatic hydroxyl groups excluding tert-OH is 2. The topological polar surface area (TPSA) is 158 Å². The normalized spacial score (nSPS) is 13.2. The Bertz CT molecular complexity index is 707. The highest BCUT2D eigenvalue weighted by Crippen LogP contribution is 2.19. The van der Waals surface area contributed by atoms with Gasteiger partial charge in [0.25, 0.3) is 10.5 Å². The summed E-state index contributed by atoms with van der Waals surface area (Å²) in [4.78, 5) is 31.3. The third-order valence-electron chi connectivity index (χ3n) is 2.94. The van der Waals surface area contributed by atoms with Crippen molar-refractivity contribution in [2.45, 2.75) is 0 Å². The van der Waals surface area contributed by atoms with Crippen LogP contribution < -0.4 is 10.6 Å². The molecule has 0 radical (unpaired) electrons. The first-order valence-corrected chi connectivity index (χ1v) is 21.9. The van der Waals surface area contributed by atoms with Crippen LogP contribution in [0.5, 0.6) is 0 Å². The molecule has 0 saturated heterocycles. The zero-order chi connectivity index (χ0) is 27.4. The van der Waals surface area contributed by atoms with Crippen molar-refractivity contribution in [3.8, 4) is 0 Å². The molecule has 10 nitrogen and oxygen atoms in total. The number of aliphatic hydroxyl groups is 2. The van der Waals surface area contributed by atoms with Crippen LogP contribution in [0.3, 0.4) is 0 Å². The molecule has 0 aliphatic carbocycles. The monoisotopic (exact) mass is 708 g/mol. The first-order chi connectivity index (χ1) is 18.0. The number of carbonyl (C=O) groups is 2. The largest absolute Gasteiger partial charge is 0.396 e. The fourth-order valence-corrected chi connectivity index (χ4v) is 10.2. The van der Waals surface area contributed by atoms with Crippen molar-refractivity contribution in [1.29, 1.82) is 0 Å². The van der Waals surface area contributed by atoms with E-state index in [9.17, 15) is 18.0 Å². The minimum Gasteiger partial charge on any atom is -0.396 e. The maximum absolute atomic E-state index is 11.9. The number of rotatable bonds is 24. The number of hydrogen-bond acceptors (Lipinski definition) is 16. The minimum atomic E-state index is -1.21. The zero-order valence-electron chi connectivity index (χ0n) is 19.9. The molecule has 0 aliphatic rings. The average Bonchev–Trinajstić information content (AvgIpc) is 2.88. The molecule has 37 heavy (non-hydrogen) atoms. The fourth-order valence-electron chi connectivity index (χ4n) is 1.55. The van der Waals surface area contributed by atoms with Crippen molar-refractivity contribution in [2.24, 2.45) is 9.98 Å². The number of hydrogen-bond donors (Lipinski definition) is 4. The number of thioether (sulfide) groups is 8. The molecular formula is C17H32N4O6S10. The van der Waals surface area contributed by atoms with E-state index in [4.69, 9.17) is 10.2 Å². The third-order valence-corrected chi connectivity index (χ3v) is 13.6. The van der Waals surface area contributed by atoms with Crippen LogP contribution in [0, 0.1) is 0 Å². The van der Waals surface area contributed by atoms with E-state index >= 15 is 0 Å². The number of aliphatic imine (C=N–C) groups is 2. The Morgan fingerprint density at radius 1 is 0.703 bits per heavy atom. The van der Waals surface area contributed by atoms with Crippen LogP contribution in [-0.4, -0.2) is 114 Å². The van der Waals surface area contributed by atoms with Gasteiger partial charge in [-0.25, -0.2) is 0 Å².